The molecule has 0 bridgehead atoms. The molecule has 0 atom stereocenters. The average Bonchev–Trinajstić information content (AvgIpc) is 2.34. The van der Waals surface area contributed by atoms with Crippen LogP contribution in [0.3, 0.4) is 0 Å². The first-order valence-corrected chi connectivity index (χ1v) is 6.45. The van der Waals surface area contributed by atoms with Gasteiger partial charge in [-0.15, -0.1) is 0 Å². The van der Waals surface area contributed by atoms with E-state index in [1.54, 1.807) is 6.07 Å². The highest BCUT2D eigenvalue weighted by Crippen LogP contribution is 2.24. The largest absolute Gasteiger partial charge is 0.371 e. The van der Waals surface area contributed by atoms with Crippen molar-refractivity contribution < 1.29 is 4.39 Å². The molecule has 1 fully saturated rings. The van der Waals surface area contributed by atoms with Gasteiger partial charge < -0.3 is 10.2 Å². The molecule has 1 aromatic rings. The highest BCUT2D eigenvalue weighted by atomic mass is 19.1. The Morgan fingerprint density at radius 3 is 2.71 bits per heavy atom. The molecular weight excluding hydrogens is 215 g/mol. The molecular formula is C14H21FN2. The Bertz CT molecular complexity index is 370. The molecule has 1 aliphatic rings. The van der Waals surface area contributed by atoms with Crippen LogP contribution in [0.1, 0.15) is 25.3 Å². The fourth-order valence-electron chi connectivity index (χ4n) is 2.54. The summed E-state index contributed by atoms with van der Waals surface area (Å²) in [5.41, 5.74) is 2.22. The lowest BCUT2D eigenvalue weighted by molar-refractivity contribution is 0.423. The van der Waals surface area contributed by atoms with Gasteiger partial charge >= 0.3 is 0 Å². The zero-order valence-electron chi connectivity index (χ0n) is 10.7. The van der Waals surface area contributed by atoms with Gasteiger partial charge in [0.1, 0.15) is 5.82 Å². The molecule has 0 radical (unpaired) electrons. The van der Waals surface area contributed by atoms with Crippen LogP contribution in [0.15, 0.2) is 18.2 Å². The van der Waals surface area contributed by atoms with E-state index in [9.17, 15) is 4.39 Å². The third kappa shape index (κ3) is 2.97. The van der Waals surface area contributed by atoms with Crippen molar-refractivity contribution in [2.24, 2.45) is 0 Å². The molecule has 0 spiro atoms. The van der Waals surface area contributed by atoms with Gasteiger partial charge in [-0.1, -0.05) is 13.0 Å². The first kappa shape index (κ1) is 12.4. The maximum absolute atomic E-state index is 13.3. The number of nitrogens with zero attached hydrogens (tertiary/aromatic N) is 1. The summed E-state index contributed by atoms with van der Waals surface area (Å²) in [5, 5.41) is 3.48. The predicted octanol–water partition coefficient (Wildman–Crippen LogP) is 2.71. The smallest absolute Gasteiger partial charge is 0.125 e. The van der Waals surface area contributed by atoms with Gasteiger partial charge in [-0.05, 0) is 44.0 Å². The van der Waals surface area contributed by atoms with Gasteiger partial charge in [-0.3, -0.25) is 0 Å². The number of nitrogens with one attached hydrogen (secondary N) is 1. The molecule has 17 heavy (non-hydrogen) atoms. The second-order valence-corrected chi connectivity index (χ2v) is 4.75. The Labute approximate surface area is 103 Å². The van der Waals surface area contributed by atoms with Crippen LogP contribution in [0, 0.1) is 12.7 Å². The standard InChI is InChI=1S/C14H21FN2/c1-3-16-13-6-8-17(9-7-13)14-10-12(15)5-4-11(14)2/h4-5,10,13,16H,3,6-9H2,1-2H3. The van der Waals surface area contributed by atoms with Crippen molar-refractivity contribution in [3.63, 3.8) is 0 Å². The SMILES string of the molecule is CCNC1CCN(c2cc(F)ccc2C)CC1. The Morgan fingerprint density at radius 2 is 2.06 bits per heavy atom. The molecule has 1 aliphatic heterocycles. The lowest BCUT2D eigenvalue weighted by Crippen LogP contribution is -2.42. The van der Waals surface area contributed by atoms with Crippen molar-refractivity contribution in [2.45, 2.75) is 32.7 Å². The quantitative estimate of drug-likeness (QED) is 0.868. The molecule has 0 amide bonds. The summed E-state index contributed by atoms with van der Waals surface area (Å²) in [6.07, 6.45) is 2.29. The molecule has 0 unspecified atom stereocenters. The van der Waals surface area contributed by atoms with Crippen LogP contribution in [0.2, 0.25) is 0 Å². The summed E-state index contributed by atoms with van der Waals surface area (Å²) in [6.45, 7) is 7.25. The van der Waals surface area contributed by atoms with E-state index in [0.717, 1.165) is 43.7 Å². The normalized spacial score (nSPS) is 17.5. The van der Waals surface area contributed by atoms with E-state index in [2.05, 4.69) is 17.1 Å². The van der Waals surface area contributed by atoms with Gasteiger partial charge in [-0.25, -0.2) is 4.39 Å². The summed E-state index contributed by atoms with van der Waals surface area (Å²) < 4.78 is 13.3. The molecule has 3 heteroatoms. The fraction of sp³-hybridized carbons (Fsp3) is 0.571. The number of benzene rings is 1. The summed E-state index contributed by atoms with van der Waals surface area (Å²) >= 11 is 0. The maximum Gasteiger partial charge on any atom is 0.125 e. The number of rotatable bonds is 3. The molecule has 2 nitrogen and oxygen atoms in total. The van der Waals surface area contributed by atoms with Crippen LogP contribution in [-0.4, -0.2) is 25.7 Å². The molecule has 1 heterocycles. The summed E-state index contributed by atoms with van der Waals surface area (Å²) in [4.78, 5) is 2.30. The first-order valence-electron chi connectivity index (χ1n) is 6.45. The van der Waals surface area contributed by atoms with Crippen LogP contribution in [0.5, 0.6) is 0 Å². The first-order chi connectivity index (χ1) is 8.20. The van der Waals surface area contributed by atoms with Crippen molar-refractivity contribution >= 4 is 5.69 Å². The molecule has 94 valence electrons. The van der Waals surface area contributed by atoms with Gasteiger partial charge in [0.25, 0.3) is 0 Å². The van der Waals surface area contributed by atoms with Gasteiger partial charge in [0, 0.05) is 24.8 Å². The number of halogens is 1. The number of aryl methyl sites for hydroxylation is 1. The van der Waals surface area contributed by atoms with E-state index >= 15 is 0 Å². The van der Waals surface area contributed by atoms with Gasteiger partial charge in [0.15, 0.2) is 0 Å². The second kappa shape index (κ2) is 5.50. The zero-order chi connectivity index (χ0) is 12.3. The zero-order valence-corrected chi connectivity index (χ0v) is 10.7. The molecule has 1 aromatic carbocycles. The molecule has 0 aromatic heterocycles. The van der Waals surface area contributed by atoms with Gasteiger partial charge in [-0.2, -0.15) is 0 Å². The van der Waals surface area contributed by atoms with Crippen molar-refractivity contribution in [3.05, 3.63) is 29.6 Å². The minimum atomic E-state index is -0.139. The summed E-state index contributed by atoms with van der Waals surface area (Å²) in [6, 6.07) is 5.68. The molecule has 1 N–H and O–H groups in total. The molecule has 1 saturated heterocycles. The van der Waals surface area contributed by atoms with Crippen molar-refractivity contribution in [3.8, 4) is 0 Å². The Hall–Kier alpha value is -1.09. The number of hydrogen-bond donors (Lipinski definition) is 1. The fourth-order valence-corrected chi connectivity index (χ4v) is 2.54. The molecule has 2 rings (SSSR count). The molecule has 0 aliphatic carbocycles. The van der Waals surface area contributed by atoms with E-state index in [4.69, 9.17) is 0 Å². The van der Waals surface area contributed by atoms with E-state index in [-0.39, 0.29) is 5.82 Å². The second-order valence-electron chi connectivity index (χ2n) is 4.75. The van der Waals surface area contributed by atoms with Crippen molar-refractivity contribution in [1.82, 2.24) is 5.32 Å². The topological polar surface area (TPSA) is 15.3 Å². The number of hydrogen-bond acceptors (Lipinski definition) is 2. The van der Waals surface area contributed by atoms with Crippen LogP contribution < -0.4 is 10.2 Å². The highest BCUT2D eigenvalue weighted by molar-refractivity contribution is 5.53. The Kier molecular flexibility index (Phi) is 4.00. The van der Waals surface area contributed by atoms with Gasteiger partial charge in [0.05, 0.1) is 0 Å². The Morgan fingerprint density at radius 1 is 1.35 bits per heavy atom. The van der Waals surface area contributed by atoms with Gasteiger partial charge in [0.2, 0.25) is 0 Å². The van der Waals surface area contributed by atoms with Crippen LogP contribution in [0.4, 0.5) is 10.1 Å². The summed E-state index contributed by atoms with van der Waals surface area (Å²) in [7, 11) is 0. The third-order valence-electron chi connectivity index (χ3n) is 3.50. The number of piperidine rings is 1. The van der Waals surface area contributed by atoms with E-state index in [1.165, 1.54) is 6.07 Å². The summed E-state index contributed by atoms with van der Waals surface area (Å²) in [5.74, 6) is -0.139. The lowest BCUT2D eigenvalue weighted by atomic mass is 10.0. The minimum absolute atomic E-state index is 0.139. The number of anilines is 1. The van der Waals surface area contributed by atoms with E-state index in [1.807, 2.05) is 13.0 Å². The van der Waals surface area contributed by atoms with E-state index in [0.29, 0.717) is 6.04 Å². The van der Waals surface area contributed by atoms with Crippen LogP contribution >= 0.6 is 0 Å². The monoisotopic (exact) mass is 236 g/mol. The third-order valence-corrected chi connectivity index (χ3v) is 3.50. The maximum atomic E-state index is 13.3. The lowest BCUT2D eigenvalue weighted by Gasteiger charge is -2.34. The van der Waals surface area contributed by atoms with Crippen LogP contribution in [0.25, 0.3) is 0 Å². The predicted molar refractivity (Wildman–Crippen MR) is 70.0 cm³/mol. The average molecular weight is 236 g/mol. The molecule has 0 saturated carbocycles. The van der Waals surface area contributed by atoms with Crippen molar-refractivity contribution in [1.29, 1.82) is 0 Å². The van der Waals surface area contributed by atoms with E-state index < -0.39 is 0 Å². The van der Waals surface area contributed by atoms with Crippen LogP contribution in [-0.2, 0) is 0 Å². The van der Waals surface area contributed by atoms with Crippen molar-refractivity contribution in [2.75, 3.05) is 24.5 Å². The minimum Gasteiger partial charge on any atom is -0.371 e. The Balaban J connectivity index is 2.02. The highest BCUT2D eigenvalue weighted by Gasteiger charge is 2.19.